The minimum absolute atomic E-state index is 0.768. The van der Waals surface area contributed by atoms with Gasteiger partial charge < -0.3 is 15.7 Å². The number of likely N-dealkylation sites (N-methyl/N-ethyl adjacent to an activating group) is 1. The smallest absolute Gasteiger partial charge is 0.324 e. The lowest BCUT2D eigenvalue weighted by Gasteiger charge is -2.23. The number of hydrogen-bond donors (Lipinski definition) is 2. The van der Waals surface area contributed by atoms with Crippen LogP contribution in [-0.4, -0.2) is 42.2 Å². The maximum atomic E-state index is 10.5. The summed E-state index contributed by atoms with van der Waals surface area (Å²) in [7, 11) is 2.00. The first-order chi connectivity index (χ1) is 5.61. The molecule has 12 heavy (non-hydrogen) atoms. The van der Waals surface area contributed by atoms with E-state index in [0.717, 1.165) is 25.1 Å². The second-order valence-corrected chi connectivity index (χ2v) is 3.11. The molecule has 0 radical (unpaired) electrons. The van der Waals surface area contributed by atoms with Crippen molar-refractivity contribution in [3.63, 3.8) is 0 Å². The van der Waals surface area contributed by atoms with Crippen LogP contribution >= 0.6 is 0 Å². The van der Waals surface area contributed by atoms with Gasteiger partial charge in [-0.25, -0.2) is 0 Å². The van der Waals surface area contributed by atoms with E-state index in [0.29, 0.717) is 0 Å². The second kappa shape index (κ2) is 3.69. The minimum atomic E-state index is -0.939. The molecule has 0 saturated carbocycles. The fourth-order valence-corrected chi connectivity index (χ4v) is 1.23. The van der Waals surface area contributed by atoms with Gasteiger partial charge in [0.25, 0.3) is 0 Å². The first-order valence-electron chi connectivity index (χ1n) is 3.97. The van der Waals surface area contributed by atoms with Gasteiger partial charge in [-0.3, -0.25) is 4.79 Å². The quantitative estimate of drug-likeness (QED) is 0.556. The van der Waals surface area contributed by atoms with Gasteiger partial charge in [0.05, 0.1) is 0 Å². The Morgan fingerprint density at radius 2 is 2.50 bits per heavy atom. The first kappa shape index (κ1) is 9.22. The van der Waals surface area contributed by atoms with E-state index in [1.807, 2.05) is 13.1 Å². The zero-order chi connectivity index (χ0) is 9.14. The summed E-state index contributed by atoms with van der Waals surface area (Å²) < 4.78 is 0. The molecule has 1 atom stereocenters. The van der Waals surface area contributed by atoms with E-state index >= 15 is 0 Å². The van der Waals surface area contributed by atoms with Crippen molar-refractivity contribution in [2.75, 3.05) is 20.1 Å². The van der Waals surface area contributed by atoms with E-state index in [2.05, 4.69) is 4.90 Å². The summed E-state index contributed by atoms with van der Waals surface area (Å²) in [5, 5.41) is 8.62. The highest BCUT2D eigenvalue weighted by molar-refractivity contribution is 5.77. The lowest BCUT2D eigenvalue weighted by atomic mass is 10.0. The van der Waals surface area contributed by atoms with Crippen molar-refractivity contribution in [3.8, 4) is 0 Å². The molecular weight excluding hydrogens is 156 g/mol. The Kier molecular flexibility index (Phi) is 2.83. The number of rotatable bonds is 2. The molecule has 0 aliphatic carbocycles. The number of nitrogens with zero attached hydrogens (tertiary/aromatic N) is 1. The van der Waals surface area contributed by atoms with Crippen molar-refractivity contribution >= 4 is 5.97 Å². The molecule has 0 amide bonds. The molecule has 68 valence electrons. The summed E-state index contributed by atoms with van der Waals surface area (Å²) in [5.74, 6) is -0.939. The van der Waals surface area contributed by atoms with Crippen molar-refractivity contribution in [1.29, 1.82) is 0 Å². The van der Waals surface area contributed by atoms with Crippen molar-refractivity contribution in [2.45, 2.75) is 12.5 Å². The van der Waals surface area contributed by atoms with Gasteiger partial charge in [0, 0.05) is 13.1 Å². The summed E-state index contributed by atoms with van der Waals surface area (Å²) in [5.41, 5.74) is 6.30. The molecule has 4 heteroatoms. The zero-order valence-electron chi connectivity index (χ0n) is 7.16. The Labute approximate surface area is 71.7 Å². The molecule has 0 aromatic rings. The third kappa shape index (κ3) is 2.06. The molecule has 0 fully saturated rings. The molecule has 0 saturated heterocycles. The number of carboxylic acids is 1. The lowest BCUT2D eigenvalue weighted by molar-refractivity contribution is -0.137. The Bertz CT molecular complexity index is 213. The highest BCUT2D eigenvalue weighted by atomic mass is 16.4. The average molecular weight is 170 g/mol. The molecule has 0 spiro atoms. The zero-order valence-corrected chi connectivity index (χ0v) is 7.16. The first-order valence-corrected chi connectivity index (χ1v) is 3.97. The molecule has 1 aliphatic heterocycles. The second-order valence-electron chi connectivity index (χ2n) is 3.11. The SMILES string of the molecule is CN1CC=C(C(N)C(=O)O)CC1. The van der Waals surface area contributed by atoms with Crippen LogP contribution in [0, 0.1) is 0 Å². The van der Waals surface area contributed by atoms with Crippen LogP contribution in [-0.2, 0) is 4.79 Å². The molecule has 1 unspecified atom stereocenters. The van der Waals surface area contributed by atoms with Crippen molar-refractivity contribution in [3.05, 3.63) is 11.6 Å². The molecule has 1 aliphatic rings. The fourth-order valence-electron chi connectivity index (χ4n) is 1.23. The normalized spacial score (nSPS) is 21.7. The highest BCUT2D eigenvalue weighted by Gasteiger charge is 2.19. The van der Waals surface area contributed by atoms with Gasteiger partial charge in [0.1, 0.15) is 6.04 Å². The van der Waals surface area contributed by atoms with E-state index in [9.17, 15) is 4.79 Å². The standard InChI is InChI=1S/C8H14N2O2/c1-10-4-2-6(3-5-10)7(9)8(11)12/h2,7H,3-5,9H2,1H3,(H,11,12). The van der Waals surface area contributed by atoms with Crippen molar-refractivity contribution < 1.29 is 9.90 Å². The summed E-state index contributed by atoms with van der Waals surface area (Å²) >= 11 is 0. The number of aliphatic carboxylic acids is 1. The van der Waals surface area contributed by atoms with Crippen LogP contribution in [0.2, 0.25) is 0 Å². The van der Waals surface area contributed by atoms with Crippen LogP contribution in [0.5, 0.6) is 0 Å². The van der Waals surface area contributed by atoms with Gasteiger partial charge in [-0.05, 0) is 19.0 Å². The largest absolute Gasteiger partial charge is 0.480 e. The number of hydrogen-bond acceptors (Lipinski definition) is 3. The average Bonchev–Trinajstić information content (AvgIpc) is 2.04. The molecule has 3 N–H and O–H groups in total. The topological polar surface area (TPSA) is 66.6 Å². The van der Waals surface area contributed by atoms with Gasteiger partial charge >= 0.3 is 5.97 Å². The van der Waals surface area contributed by atoms with Gasteiger partial charge in [-0.2, -0.15) is 0 Å². The van der Waals surface area contributed by atoms with Gasteiger partial charge in [-0.15, -0.1) is 0 Å². The van der Waals surface area contributed by atoms with Gasteiger partial charge in [0.15, 0.2) is 0 Å². The van der Waals surface area contributed by atoms with Crippen molar-refractivity contribution in [1.82, 2.24) is 4.90 Å². The number of carboxylic acid groups (broad SMARTS) is 1. The van der Waals surface area contributed by atoms with Crippen LogP contribution in [0.3, 0.4) is 0 Å². The predicted molar refractivity (Wildman–Crippen MR) is 45.8 cm³/mol. The van der Waals surface area contributed by atoms with Crippen LogP contribution in [0.15, 0.2) is 11.6 Å². The maximum absolute atomic E-state index is 10.5. The van der Waals surface area contributed by atoms with E-state index in [-0.39, 0.29) is 0 Å². The molecular formula is C8H14N2O2. The predicted octanol–water partition coefficient (Wildman–Crippen LogP) is -0.340. The van der Waals surface area contributed by atoms with Crippen LogP contribution < -0.4 is 5.73 Å². The summed E-state index contributed by atoms with van der Waals surface area (Å²) in [6.45, 7) is 1.70. The fraction of sp³-hybridized carbons (Fsp3) is 0.625. The maximum Gasteiger partial charge on any atom is 0.324 e. The molecule has 0 aromatic heterocycles. The Hall–Kier alpha value is -0.870. The monoisotopic (exact) mass is 170 g/mol. The van der Waals surface area contributed by atoms with Crippen LogP contribution in [0.4, 0.5) is 0 Å². The van der Waals surface area contributed by atoms with Crippen LogP contribution in [0.1, 0.15) is 6.42 Å². The van der Waals surface area contributed by atoms with E-state index in [4.69, 9.17) is 10.8 Å². The highest BCUT2D eigenvalue weighted by Crippen LogP contribution is 2.11. The Morgan fingerprint density at radius 1 is 1.83 bits per heavy atom. The van der Waals surface area contributed by atoms with Crippen LogP contribution in [0.25, 0.3) is 0 Å². The van der Waals surface area contributed by atoms with Gasteiger partial charge in [-0.1, -0.05) is 6.08 Å². The third-order valence-electron chi connectivity index (χ3n) is 2.11. The molecule has 4 nitrogen and oxygen atoms in total. The van der Waals surface area contributed by atoms with Crippen molar-refractivity contribution in [2.24, 2.45) is 5.73 Å². The van der Waals surface area contributed by atoms with E-state index < -0.39 is 12.0 Å². The molecule has 1 heterocycles. The Balaban J connectivity index is 2.58. The summed E-state index contributed by atoms with van der Waals surface area (Å²) in [6, 6.07) is -0.807. The number of carbonyl (C=O) groups is 1. The lowest BCUT2D eigenvalue weighted by Crippen LogP contribution is -2.36. The molecule has 1 rings (SSSR count). The minimum Gasteiger partial charge on any atom is -0.480 e. The molecule has 0 bridgehead atoms. The van der Waals surface area contributed by atoms with E-state index in [1.54, 1.807) is 0 Å². The summed E-state index contributed by atoms with van der Waals surface area (Å²) in [4.78, 5) is 12.6. The number of nitrogens with two attached hydrogens (primary N) is 1. The third-order valence-corrected chi connectivity index (χ3v) is 2.11. The summed E-state index contributed by atoms with van der Waals surface area (Å²) in [6.07, 6.45) is 2.67. The Morgan fingerprint density at radius 3 is 2.92 bits per heavy atom. The molecule has 0 aromatic carbocycles. The van der Waals surface area contributed by atoms with Gasteiger partial charge in [0.2, 0.25) is 0 Å². The van der Waals surface area contributed by atoms with E-state index in [1.165, 1.54) is 0 Å².